The Kier molecular flexibility index (Phi) is 6.24. The van der Waals surface area contributed by atoms with Gasteiger partial charge in [-0.25, -0.2) is 9.18 Å². The van der Waals surface area contributed by atoms with Crippen molar-refractivity contribution >= 4 is 6.03 Å². The topological polar surface area (TPSA) is 61.8 Å². The van der Waals surface area contributed by atoms with Crippen LogP contribution >= 0.6 is 0 Å². The second kappa shape index (κ2) is 7.69. The molecule has 0 fully saturated rings. The quantitative estimate of drug-likeness (QED) is 0.834. The van der Waals surface area contributed by atoms with E-state index < -0.39 is 0 Å². The third kappa shape index (κ3) is 5.05. The predicted molar refractivity (Wildman–Crippen MR) is 74.2 cm³/mol. The van der Waals surface area contributed by atoms with Crippen molar-refractivity contribution in [2.24, 2.45) is 0 Å². The van der Waals surface area contributed by atoms with Gasteiger partial charge < -0.3 is 20.1 Å². The fourth-order valence-corrected chi connectivity index (χ4v) is 1.49. The molecular weight excluding hydrogens is 263 g/mol. The van der Waals surface area contributed by atoms with Crippen LogP contribution in [0.3, 0.4) is 0 Å². The summed E-state index contributed by atoms with van der Waals surface area (Å²) < 4.78 is 18.5. The van der Waals surface area contributed by atoms with Gasteiger partial charge in [0, 0.05) is 13.1 Å². The normalized spacial score (nSPS) is 13.4. The van der Waals surface area contributed by atoms with Crippen LogP contribution in [0.2, 0.25) is 0 Å². The summed E-state index contributed by atoms with van der Waals surface area (Å²) in [6.07, 6.45) is -0.293. The average Bonchev–Trinajstić information content (AvgIpc) is 2.43. The predicted octanol–water partition coefficient (Wildman–Crippen LogP) is 1.62. The Labute approximate surface area is 118 Å². The van der Waals surface area contributed by atoms with Gasteiger partial charge in [-0.15, -0.1) is 0 Å². The van der Waals surface area contributed by atoms with Crippen molar-refractivity contribution in [3.8, 4) is 5.75 Å². The molecule has 1 rings (SSSR count). The highest BCUT2D eigenvalue weighted by molar-refractivity contribution is 5.74. The maximum Gasteiger partial charge on any atom is 0.317 e. The van der Waals surface area contributed by atoms with E-state index in [4.69, 9.17) is 9.84 Å². The van der Waals surface area contributed by atoms with E-state index in [9.17, 15) is 9.18 Å². The van der Waals surface area contributed by atoms with Crippen LogP contribution in [-0.2, 0) is 0 Å². The molecule has 0 aromatic heterocycles. The molecule has 0 radical (unpaired) electrons. The summed E-state index contributed by atoms with van der Waals surface area (Å²) in [6.45, 7) is 3.71. The Morgan fingerprint density at radius 3 is 2.80 bits per heavy atom. The molecule has 0 bridgehead atoms. The number of rotatable bonds is 6. The van der Waals surface area contributed by atoms with E-state index in [2.05, 4.69) is 5.32 Å². The molecule has 2 N–H and O–H groups in total. The fraction of sp³-hybridized carbons (Fsp3) is 0.500. The molecule has 20 heavy (non-hydrogen) atoms. The standard InChI is InChI=1S/C14H21FN2O3/c1-10(9-18)17(3)14(19)16-8-11(2)20-13-6-4-5-12(15)7-13/h4-7,10-11,18H,8-9H2,1-3H3,(H,16,19). The van der Waals surface area contributed by atoms with Gasteiger partial charge in [0.25, 0.3) is 0 Å². The molecule has 0 saturated carbocycles. The van der Waals surface area contributed by atoms with Gasteiger partial charge in [0.15, 0.2) is 0 Å². The molecule has 0 aliphatic rings. The molecular formula is C14H21FN2O3. The molecule has 0 aliphatic heterocycles. The average molecular weight is 284 g/mol. The van der Waals surface area contributed by atoms with Crippen LogP contribution in [0, 0.1) is 5.82 Å². The zero-order chi connectivity index (χ0) is 15.1. The number of halogens is 1. The second-order valence-electron chi connectivity index (χ2n) is 4.71. The molecule has 1 aromatic rings. The summed E-state index contributed by atoms with van der Waals surface area (Å²) in [5, 5.41) is 11.7. The minimum atomic E-state index is -0.366. The van der Waals surface area contributed by atoms with Crippen LogP contribution in [0.25, 0.3) is 0 Å². The van der Waals surface area contributed by atoms with Crippen LogP contribution in [0.1, 0.15) is 13.8 Å². The van der Waals surface area contributed by atoms with E-state index in [1.807, 2.05) is 0 Å². The van der Waals surface area contributed by atoms with Gasteiger partial charge in [-0.2, -0.15) is 0 Å². The second-order valence-corrected chi connectivity index (χ2v) is 4.71. The third-order valence-electron chi connectivity index (χ3n) is 2.92. The molecule has 2 unspecified atom stereocenters. The molecule has 2 atom stereocenters. The van der Waals surface area contributed by atoms with Gasteiger partial charge in [-0.1, -0.05) is 6.07 Å². The largest absolute Gasteiger partial charge is 0.489 e. The minimum Gasteiger partial charge on any atom is -0.489 e. The first-order valence-electron chi connectivity index (χ1n) is 6.47. The summed E-state index contributed by atoms with van der Waals surface area (Å²) in [7, 11) is 1.61. The van der Waals surface area contributed by atoms with Crippen molar-refractivity contribution in [2.75, 3.05) is 20.2 Å². The number of nitrogens with zero attached hydrogens (tertiary/aromatic N) is 1. The SMILES string of the molecule is CC(CNC(=O)N(C)C(C)CO)Oc1cccc(F)c1. The Morgan fingerprint density at radius 2 is 2.20 bits per heavy atom. The van der Waals surface area contributed by atoms with Gasteiger partial charge in [-0.05, 0) is 26.0 Å². The molecule has 5 nitrogen and oxygen atoms in total. The fourth-order valence-electron chi connectivity index (χ4n) is 1.49. The Hall–Kier alpha value is -1.82. The first-order chi connectivity index (χ1) is 9.43. The van der Waals surface area contributed by atoms with E-state index in [1.165, 1.54) is 17.0 Å². The van der Waals surface area contributed by atoms with Crippen molar-refractivity contribution in [3.63, 3.8) is 0 Å². The van der Waals surface area contributed by atoms with Gasteiger partial charge in [0.2, 0.25) is 0 Å². The number of urea groups is 1. The smallest absolute Gasteiger partial charge is 0.317 e. The number of amides is 2. The zero-order valence-corrected chi connectivity index (χ0v) is 12.0. The molecule has 1 aromatic carbocycles. The number of nitrogens with one attached hydrogen (secondary N) is 1. The minimum absolute atomic E-state index is 0.0980. The number of ether oxygens (including phenoxy) is 1. The van der Waals surface area contributed by atoms with Crippen LogP contribution in [0.5, 0.6) is 5.75 Å². The lowest BCUT2D eigenvalue weighted by Gasteiger charge is -2.24. The lowest BCUT2D eigenvalue weighted by Crippen LogP contribution is -2.46. The van der Waals surface area contributed by atoms with Crippen molar-refractivity contribution in [3.05, 3.63) is 30.1 Å². The Bertz CT molecular complexity index is 442. The molecule has 0 heterocycles. The molecule has 0 saturated heterocycles. The molecule has 0 aliphatic carbocycles. The maximum absolute atomic E-state index is 13.0. The van der Waals surface area contributed by atoms with Crippen molar-refractivity contribution in [1.29, 1.82) is 0 Å². The number of carbonyl (C=O) groups is 1. The summed E-state index contributed by atoms with van der Waals surface area (Å²) in [6, 6.07) is 5.30. The van der Waals surface area contributed by atoms with E-state index in [-0.39, 0.29) is 37.1 Å². The number of aliphatic hydroxyl groups excluding tert-OH is 1. The first kappa shape index (κ1) is 16.2. The van der Waals surface area contributed by atoms with Crippen molar-refractivity contribution in [2.45, 2.75) is 26.0 Å². The monoisotopic (exact) mass is 284 g/mol. The number of hydrogen-bond donors (Lipinski definition) is 2. The summed E-state index contributed by atoms with van der Waals surface area (Å²) in [5.41, 5.74) is 0. The van der Waals surface area contributed by atoms with E-state index in [1.54, 1.807) is 33.0 Å². The number of likely N-dealkylation sites (N-methyl/N-ethyl adjacent to an activating group) is 1. The Balaban J connectivity index is 2.40. The summed E-state index contributed by atoms with van der Waals surface area (Å²) in [5.74, 6) is 0.0547. The number of carbonyl (C=O) groups excluding carboxylic acids is 1. The van der Waals surface area contributed by atoms with Crippen LogP contribution < -0.4 is 10.1 Å². The molecule has 112 valence electrons. The van der Waals surface area contributed by atoms with E-state index in [0.29, 0.717) is 5.75 Å². The van der Waals surface area contributed by atoms with Crippen LogP contribution in [0.4, 0.5) is 9.18 Å². The zero-order valence-electron chi connectivity index (χ0n) is 12.0. The number of hydrogen-bond acceptors (Lipinski definition) is 3. The van der Waals surface area contributed by atoms with Gasteiger partial charge in [0.1, 0.15) is 17.7 Å². The van der Waals surface area contributed by atoms with Gasteiger partial charge >= 0.3 is 6.03 Å². The van der Waals surface area contributed by atoms with Crippen molar-refractivity contribution < 1.29 is 19.0 Å². The van der Waals surface area contributed by atoms with E-state index in [0.717, 1.165) is 0 Å². The lowest BCUT2D eigenvalue weighted by atomic mass is 10.3. The summed E-state index contributed by atoms with van der Waals surface area (Å²) >= 11 is 0. The van der Waals surface area contributed by atoms with Crippen LogP contribution in [0.15, 0.2) is 24.3 Å². The highest BCUT2D eigenvalue weighted by Gasteiger charge is 2.15. The molecule has 6 heteroatoms. The van der Waals surface area contributed by atoms with Gasteiger partial charge in [0.05, 0.1) is 19.2 Å². The van der Waals surface area contributed by atoms with Gasteiger partial charge in [-0.3, -0.25) is 0 Å². The first-order valence-corrected chi connectivity index (χ1v) is 6.47. The third-order valence-corrected chi connectivity index (χ3v) is 2.92. The number of benzene rings is 1. The van der Waals surface area contributed by atoms with Crippen LogP contribution in [-0.4, -0.2) is 48.4 Å². The van der Waals surface area contributed by atoms with Crippen molar-refractivity contribution in [1.82, 2.24) is 10.2 Å². The molecule has 0 spiro atoms. The van der Waals surface area contributed by atoms with E-state index >= 15 is 0 Å². The lowest BCUT2D eigenvalue weighted by molar-refractivity contribution is 0.151. The number of aliphatic hydroxyl groups is 1. The summed E-state index contributed by atoms with van der Waals surface area (Å²) in [4.78, 5) is 13.2. The molecule has 2 amide bonds. The highest BCUT2D eigenvalue weighted by Crippen LogP contribution is 2.13. The maximum atomic E-state index is 13.0. The highest BCUT2D eigenvalue weighted by atomic mass is 19.1. The Morgan fingerprint density at radius 1 is 1.50 bits per heavy atom.